The van der Waals surface area contributed by atoms with Crippen molar-refractivity contribution in [1.82, 2.24) is 4.31 Å². The maximum absolute atomic E-state index is 13.2. The van der Waals surface area contributed by atoms with E-state index in [0.717, 1.165) is 25.7 Å². The summed E-state index contributed by atoms with van der Waals surface area (Å²) in [6.07, 6.45) is 3.65. The lowest BCUT2D eigenvalue weighted by Gasteiger charge is -2.21. The zero-order valence-electron chi connectivity index (χ0n) is 15.9. The summed E-state index contributed by atoms with van der Waals surface area (Å²) in [6.45, 7) is 2.63. The molecule has 0 saturated carbocycles. The first-order valence-electron chi connectivity index (χ1n) is 9.20. The summed E-state index contributed by atoms with van der Waals surface area (Å²) in [7, 11) is -7.77. The molecule has 0 aliphatic carbocycles. The van der Waals surface area contributed by atoms with E-state index >= 15 is 0 Å². The standard InChI is InChI=1S/C19H22Cl2N2O4S2/c1-14-9-10-15(22-28(24,25)17-8-6-7-16(20)19(17)21)13-18(14)29(26,27)23-11-4-2-3-5-12-23/h6-10,13,22H,2-5,11-12H2,1H3. The highest BCUT2D eigenvalue weighted by atomic mass is 35.5. The van der Waals surface area contributed by atoms with E-state index in [1.54, 1.807) is 13.0 Å². The summed E-state index contributed by atoms with van der Waals surface area (Å²) in [5.74, 6) is 0. The average Bonchev–Trinajstić information content (AvgIpc) is 2.95. The van der Waals surface area contributed by atoms with Gasteiger partial charge >= 0.3 is 0 Å². The van der Waals surface area contributed by atoms with Crippen molar-refractivity contribution < 1.29 is 16.8 Å². The van der Waals surface area contributed by atoms with Crippen molar-refractivity contribution in [2.45, 2.75) is 42.4 Å². The number of rotatable bonds is 5. The minimum Gasteiger partial charge on any atom is -0.280 e. The fourth-order valence-corrected chi connectivity index (χ4v) is 6.84. The van der Waals surface area contributed by atoms with Crippen LogP contribution >= 0.6 is 23.2 Å². The van der Waals surface area contributed by atoms with Crippen molar-refractivity contribution in [3.05, 3.63) is 52.0 Å². The van der Waals surface area contributed by atoms with Gasteiger partial charge in [0, 0.05) is 13.1 Å². The number of benzene rings is 2. The molecule has 2 aromatic carbocycles. The van der Waals surface area contributed by atoms with Crippen molar-refractivity contribution in [3.63, 3.8) is 0 Å². The fraction of sp³-hybridized carbons (Fsp3) is 0.368. The fourth-order valence-electron chi connectivity index (χ4n) is 3.26. The zero-order chi connectivity index (χ0) is 21.2. The molecule has 1 N–H and O–H groups in total. The van der Waals surface area contributed by atoms with Gasteiger partial charge in [-0.25, -0.2) is 16.8 Å². The lowest BCUT2D eigenvalue weighted by molar-refractivity contribution is 0.423. The largest absolute Gasteiger partial charge is 0.280 e. The van der Waals surface area contributed by atoms with Crippen molar-refractivity contribution in [1.29, 1.82) is 0 Å². The Morgan fingerprint density at radius 3 is 2.21 bits per heavy atom. The second-order valence-electron chi connectivity index (χ2n) is 6.96. The van der Waals surface area contributed by atoms with E-state index in [1.165, 1.54) is 34.6 Å². The highest BCUT2D eigenvalue weighted by Gasteiger charge is 2.28. The molecular weight excluding hydrogens is 455 g/mol. The highest BCUT2D eigenvalue weighted by molar-refractivity contribution is 7.93. The highest BCUT2D eigenvalue weighted by Crippen LogP contribution is 2.31. The van der Waals surface area contributed by atoms with Crippen LogP contribution in [0.4, 0.5) is 5.69 Å². The van der Waals surface area contributed by atoms with Gasteiger partial charge in [0.15, 0.2) is 0 Å². The van der Waals surface area contributed by atoms with Gasteiger partial charge in [0.2, 0.25) is 10.0 Å². The predicted octanol–water partition coefficient (Wildman–Crippen LogP) is 4.67. The smallest absolute Gasteiger partial charge is 0.263 e. The number of hydrogen-bond donors (Lipinski definition) is 1. The third-order valence-electron chi connectivity index (χ3n) is 4.83. The Balaban J connectivity index is 1.96. The molecule has 10 heteroatoms. The molecule has 1 fully saturated rings. The van der Waals surface area contributed by atoms with Gasteiger partial charge in [-0.15, -0.1) is 0 Å². The van der Waals surface area contributed by atoms with E-state index in [1.807, 2.05) is 0 Å². The molecule has 0 amide bonds. The summed E-state index contributed by atoms with van der Waals surface area (Å²) in [5.41, 5.74) is 0.693. The monoisotopic (exact) mass is 476 g/mol. The third kappa shape index (κ3) is 4.88. The summed E-state index contributed by atoms with van der Waals surface area (Å²) in [4.78, 5) is -0.0824. The van der Waals surface area contributed by atoms with E-state index < -0.39 is 20.0 Å². The first-order chi connectivity index (χ1) is 13.6. The van der Waals surface area contributed by atoms with E-state index in [0.29, 0.717) is 18.7 Å². The van der Waals surface area contributed by atoms with Crippen LogP contribution < -0.4 is 4.72 Å². The van der Waals surface area contributed by atoms with E-state index in [9.17, 15) is 16.8 Å². The minimum atomic E-state index is -4.05. The van der Waals surface area contributed by atoms with E-state index in [2.05, 4.69) is 4.72 Å². The lowest BCUT2D eigenvalue weighted by Crippen LogP contribution is -2.32. The molecule has 0 radical (unpaired) electrons. The lowest BCUT2D eigenvalue weighted by atomic mass is 10.2. The minimum absolute atomic E-state index is 0.0915. The van der Waals surface area contributed by atoms with Gasteiger partial charge in [0.25, 0.3) is 10.0 Å². The molecule has 0 aromatic heterocycles. The number of sulfonamides is 2. The molecule has 1 heterocycles. The Morgan fingerprint density at radius 2 is 1.55 bits per heavy atom. The summed E-state index contributed by atoms with van der Waals surface area (Å²) >= 11 is 12.0. The van der Waals surface area contributed by atoms with E-state index in [-0.39, 0.29) is 25.5 Å². The molecule has 0 unspecified atom stereocenters. The normalized spacial score (nSPS) is 16.4. The molecule has 29 heavy (non-hydrogen) atoms. The molecule has 1 aliphatic rings. The average molecular weight is 477 g/mol. The molecule has 0 bridgehead atoms. The van der Waals surface area contributed by atoms with Crippen LogP contribution in [-0.4, -0.2) is 34.2 Å². The Bertz CT molecular complexity index is 1110. The van der Waals surface area contributed by atoms with Crippen LogP contribution in [0.25, 0.3) is 0 Å². The maximum Gasteiger partial charge on any atom is 0.263 e. The Kier molecular flexibility index (Phi) is 6.80. The van der Waals surface area contributed by atoms with Gasteiger partial charge in [-0.2, -0.15) is 4.31 Å². The number of nitrogens with one attached hydrogen (secondary N) is 1. The zero-order valence-corrected chi connectivity index (χ0v) is 19.0. The van der Waals surface area contributed by atoms with Crippen LogP contribution in [0.1, 0.15) is 31.2 Å². The SMILES string of the molecule is Cc1ccc(NS(=O)(=O)c2cccc(Cl)c2Cl)cc1S(=O)(=O)N1CCCCCC1. The second kappa shape index (κ2) is 8.81. The van der Waals surface area contributed by atoms with Crippen LogP contribution in [0.3, 0.4) is 0 Å². The van der Waals surface area contributed by atoms with Gasteiger partial charge in [-0.3, -0.25) is 4.72 Å². The van der Waals surface area contributed by atoms with Crippen molar-refractivity contribution in [3.8, 4) is 0 Å². The van der Waals surface area contributed by atoms with Gasteiger partial charge in [0.05, 0.1) is 20.6 Å². The predicted molar refractivity (Wildman–Crippen MR) is 116 cm³/mol. The van der Waals surface area contributed by atoms with Gasteiger partial charge < -0.3 is 0 Å². The van der Waals surface area contributed by atoms with Crippen LogP contribution in [0.15, 0.2) is 46.2 Å². The molecule has 1 aliphatic heterocycles. The number of aryl methyl sites for hydroxylation is 1. The number of halogens is 2. The second-order valence-corrected chi connectivity index (χ2v) is 11.3. The first-order valence-corrected chi connectivity index (χ1v) is 12.9. The molecule has 158 valence electrons. The van der Waals surface area contributed by atoms with Gasteiger partial charge in [0.1, 0.15) is 4.90 Å². The van der Waals surface area contributed by atoms with Crippen molar-refractivity contribution in [2.24, 2.45) is 0 Å². The molecule has 3 rings (SSSR count). The number of nitrogens with zero attached hydrogens (tertiary/aromatic N) is 1. The van der Waals surface area contributed by atoms with Crippen LogP contribution in [0, 0.1) is 6.92 Å². The molecule has 0 spiro atoms. The molecule has 6 nitrogen and oxygen atoms in total. The molecule has 0 atom stereocenters. The van der Waals surface area contributed by atoms with Gasteiger partial charge in [-0.1, -0.05) is 48.2 Å². The Hall–Kier alpha value is -1.32. The first kappa shape index (κ1) is 22.4. The Labute approximate surface area is 181 Å². The topological polar surface area (TPSA) is 83.5 Å². The molecule has 2 aromatic rings. The van der Waals surface area contributed by atoms with Crippen LogP contribution in [-0.2, 0) is 20.0 Å². The number of hydrogen-bond acceptors (Lipinski definition) is 4. The van der Waals surface area contributed by atoms with E-state index in [4.69, 9.17) is 23.2 Å². The molecule has 1 saturated heterocycles. The van der Waals surface area contributed by atoms with Crippen molar-refractivity contribution in [2.75, 3.05) is 17.8 Å². The summed E-state index contributed by atoms with van der Waals surface area (Å²) in [6, 6.07) is 8.76. The quantitative estimate of drug-likeness (QED) is 0.679. The van der Waals surface area contributed by atoms with Gasteiger partial charge in [-0.05, 0) is 49.6 Å². The molecular formula is C19H22Cl2N2O4S2. The van der Waals surface area contributed by atoms with Crippen LogP contribution in [0.5, 0.6) is 0 Å². The summed E-state index contributed by atoms with van der Waals surface area (Å²) < 4.78 is 55.7. The van der Waals surface area contributed by atoms with Crippen molar-refractivity contribution >= 4 is 48.9 Å². The maximum atomic E-state index is 13.2. The van der Waals surface area contributed by atoms with Crippen LogP contribution in [0.2, 0.25) is 10.0 Å². The third-order valence-corrected chi connectivity index (χ3v) is 9.22. The number of anilines is 1. The summed E-state index contributed by atoms with van der Waals surface area (Å²) in [5, 5.41) is 0.0223. The Morgan fingerprint density at radius 1 is 0.897 bits per heavy atom.